The largest absolute Gasteiger partial charge is 0.377 e. The number of thiophene rings is 1. The quantitative estimate of drug-likeness (QED) is 0.794. The average Bonchev–Trinajstić information content (AvgIpc) is 3.02. The molecule has 0 saturated carbocycles. The van der Waals surface area contributed by atoms with Crippen molar-refractivity contribution in [3.05, 3.63) is 47.6 Å². The summed E-state index contributed by atoms with van der Waals surface area (Å²) in [6.07, 6.45) is -0.382. The topological polar surface area (TPSA) is 46.0 Å². The van der Waals surface area contributed by atoms with Gasteiger partial charge in [-0.1, -0.05) is 0 Å². The van der Waals surface area contributed by atoms with Gasteiger partial charge in [-0.05, 0) is 40.6 Å². The lowest BCUT2D eigenvalue weighted by Crippen LogP contribution is -2.36. The summed E-state index contributed by atoms with van der Waals surface area (Å²) >= 11 is 1.45. The summed E-state index contributed by atoms with van der Waals surface area (Å²) in [4.78, 5) is 8.34. The molecule has 3 aromatic heterocycles. The maximum absolute atomic E-state index is 13.0. The number of aromatic nitrogens is 2. The molecule has 0 bridgehead atoms. The first-order valence-electron chi connectivity index (χ1n) is 6.42. The van der Waals surface area contributed by atoms with Crippen LogP contribution in [0, 0.1) is 0 Å². The third-order valence-corrected chi connectivity index (χ3v) is 4.37. The molecule has 3 aromatic rings. The van der Waals surface area contributed by atoms with Crippen LogP contribution < -0.4 is 0 Å². The van der Waals surface area contributed by atoms with E-state index in [2.05, 4.69) is 9.97 Å². The van der Waals surface area contributed by atoms with Crippen LogP contribution in [0.3, 0.4) is 0 Å². The zero-order valence-corrected chi connectivity index (χ0v) is 12.0. The van der Waals surface area contributed by atoms with Gasteiger partial charge in [0.25, 0.3) is 6.43 Å². The number of fused-ring (bicyclic) bond motifs is 1. The average molecular weight is 324 g/mol. The molecule has 1 atom stereocenters. The Balaban J connectivity index is 2.14. The van der Waals surface area contributed by atoms with E-state index in [1.807, 2.05) is 17.5 Å². The third kappa shape index (κ3) is 2.36. The van der Waals surface area contributed by atoms with Crippen LogP contribution in [0.1, 0.15) is 5.56 Å². The van der Waals surface area contributed by atoms with Crippen molar-refractivity contribution in [1.29, 1.82) is 0 Å². The molecule has 1 unspecified atom stereocenters. The molecule has 1 N–H and O–H groups in total. The Bertz CT molecular complexity index is 808. The SMILES string of the molecule is OC(CF)(c1ccnc(-c2nccc3ccsc23)c1)C(F)F. The second kappa shape index (κ2) is 5.66. The second-order valence-corrected chi connectivity index (χ2v) is 5.70. The van der Waals surface area contributed by atoms with Gasteiger partial charge in [0.05, 0.1) is 10.4 Å². The Morgan fingerprint density at radius 3 is 2.68 bits per heavy atom. The van der Waals surface area contributed by atoms with Crippen LogP contribution in [0.25, 0.3) is 21.5 Å². The van der Waals surface area contributed by atoms with Gasteiger partial charge in [0, 0.05) is 12.4 Å². The first-order chi connectivity index (χ1) is 10.6. The molecule has 3 nitrogen and oxygen atoms in total. The standard InChI is InChI=1S/C15H11F3N2OS/c16-8-15(21,14(17)18)10-2-5-19-11(7-10)12-13-9(1-4-20-12)3-6-22-13/h1-7,14,21H,8H2. The van der Waals surface area contributed by atoms with Crippen LogP contribution >= 0.6 is 11.3 Å². The number of aliphatic hydroxyl groups is 1. The molecular formula is C15H11F3N2OS. The number of hydrogen-bond acceptors (Lipinski definition) is 4. The van der Waals surface area contributed by atoms with Crippen molar-refractivity contribution in [3.63, 3.8) is 0 Å². The minimum absolute atomic E-state index is 0.217. The van der Waals surface area contributed by atoms with E-state index in [1.54, 1.807) is 6.20 Å². The monoisotopic (exact) mass is 324 g/mol. The van der Waals surface area contributed by atoms with Crippen LogP contribution in [-0.4, -0.2) is 28.2 Å². The Morgan fingerprint density at radius 2 is 1.95 bits per heavy atom. The Kier molecular flexibility index (Phi) is 3.84. The van der Waals surface area contributed by atoms with Crippen molar-refractivity contribution in [2.45, 2.75) is 12.0 Å². The number of nitrogens with zero attached hydrogens (tertiary/aromatic N) is 2. The molecule has 22 heavy (non-hydrogen) atoms. The van der Waals surface area contributed by atoms with E-state index in [0.717, 1.165) is 10.1 Å². The van der Waals surface area contributed by atoms with Gasteiger partial charge >= 0.3 is 0 Å². The molecule has 0 radical (unpaired) electrons. The Morgan fingerprint density at radius 1 is 1.18 bits per heavy atom. The molecule has 0 aliphatic carbocycles. The number of pyridine rings is 2. The van der Waals surface area contributed by atoms with Crippen molar-refractivity contribution in [3.8, 4) is 11.4 Å². The lowest BCUT2D eigenvalue weighted by atomic mass is 9.95. The van der Waals surface area contributed by atoms with Crippen molar-refractivity contribution in [2.75, 3.05) is 6.67 Å². The maximum atomic E-state index is 13.0. The molecule has 0 aromatic carbocycles. The summed E-state index contributed by atoms with van der Waals surface area (Å²) in [6.45, 7) is -1.58. The number of rotatable bonds is 4. The fraction of sp³-hybridized carbons (Fsp3) is 0.200. The molecule has 0 saturated heterocycles. The van der Waals surface area contributed by atoms with Crippen molar-refractivity contribution in [2.24, 2.45) is 0 Å². The highest BCUT2D eigenvalue weighted by Crippen LogP contribution is 2.33. The van der Waals surface area contributed by atoms with Gasteiger partial charge in [-0.2, -0.15) is 0 Å². The van der Waals surface area contributed by atoms with Gasteiger partial charge in [0.1, 0.15) is 12.4 Å². The minimum atomic E-state index is -3.24. The summed E-state index contributed by atoms with van der Waals surface area (Å²) in [7, 11) is 0. The van der Waals surface area contributed by atoms with Gasteiger partial charge in [-0.3, -0.25) is 9.97 Å². The third-order valence-electron chi connectivity index (χ3n) is 3.44. The molecule has 0 aliphatic rings. The first kappa shape index (κ1) is 14.9. The predicted molar refractivity (Wildman–Crippen MR) is 78.7 cm³/mol. The van der Waals surface area contributed by atoms with E-state index >= 15 is 0 Å². The number of halogens is 3. The van der Waals surface area contributed by atoms with E-state index in [9.17, 15) is 18.3 Å². The first-order valence-corrected chi connectivity index (χ1v) is 7.30. The normalized spacial score (nSPS) is 14.4. The van der Waals surface area contributed by atoms with E-state index in [-0.39, 0.29) is 5.56 Å². The van der Waals surface area contributed by atoms with Gasteiger partial charge in [-0.25, -0.2) is 13.2 Å². The summed E-state index contributed by atoms with van der Waals surface area (Å²) in [5.41, 5.74) is -2.21. The smallest absolute Gasteiger partial charge is 0.273 e. The van der Waals surface area contributed by atoms with Gasteiger partial charge in [0.15, 0.2) is 5.60 Å². The maximum Gasteiger partial charge on any atom is 0.273 e. The summed E-state index contributed by atoms with van der Waals surface area (Å²) in [5, 5.41) is 12.7. The van der Waals surface area contributed by atoms with Crippen molar-refractivity contribution >= 4 is 21.4 Å². The fourth-order valence-electron chi connectivity index (χ4n) is 2.17. The Hall–Kier alpha value is -1.99. The van der Waals surface area contributed by atoms with Crippen LogP contribution in [-0.2, 0) is 5.60 Å². The highest BCUT2D eigenvalue weighted by atomic mass is 32.1. The summed E-state index contributed by atoms with van der Waals surface area (Å²) < 4.78 is 39.8. The molecule has 0 spiro atoms. The molecule has 0 fully saturated rings. The van der Waals surface area contributed by atoms with Crippen molar-refractivity contribution in [1.82, 2.24) is 9.97 Å². The lowest BCUT2D eigenvalue weighted by Gasteiger charge is -2.24. The number of alkyl halides is 3. The van der Waals surface area contributed by atoms with Crippen molar-refractivity contribution < 1.29 is 18.3 Å². The molecule has 0 amide bonds. The highest BCUT2D eigenvalue weighted by molar-refractivity contribution is 7.17. The van der Waals surface area contributed by atoms with Crippen LogP contribution in [0.4, 0.5) is 13.2 Å². The predicted octanol–water partition coefficient (Wildman–Crippen LogP) is 3.78. The molecule has 114 valence electrons. The zero-order chi connectivity index (χ0) is 15.7. The van der Waals surface area contributed by atoms with E-state index in [0.29, 0.717) is 11.4 Å². The number of hydrogen-bond donors (Lipinski definition) is 1. The Labute approximate surface area is 128 Å². The van der Waals surface area contributed by atoms with Crippen LogP contribution in [0.2, 0.25) is 0 Å². The van der Waals surface area contributed by atoms with Gasteiger partial charge in [0.2, 0.25) is 0 Å². The fourth-order valence-corrected chi connectivity index (χ4v) is 3.06. The van der Waals surface area contributed by atoms with E-state index in [1.165, 1.54) is 29.7 Å². The van der Waals surface area contributed by atoms with Gasteiger partial charge in [-0.15, -0.1) is 11.3 Å². The van der Waals surface area contributed by atoms with Crippen LogP contribution in [0.5, 0.6) is 0 Å². The molecule has 0 aliphatic heterocycles. The zero-order valence-electron chi connectivity index (χ0n) is 11.2. The van der Waals surface area contributed by atoms with E-state index < -0.39 is 18.7 Å². The summed E-state index contributed by atoms with van der Waals surface area (Å²) in [5.74, 6) is 0. The van der Waals surface area contributed by atoms with E-state index in [4.69, 9.17) is 0 Å². The van der Waals surface area contributed by atoms with Crippen LogP contribution in [0.15, 0.2) is 42.0 Å². The lowest BCUT2D eigenvalue weighted by molar-refractivity contribution is -0.114. The molecular weight excluding hydrogens is 313 g/mol. The molecule has 3 heterocycles. The molecule has 7 heteroatoms. The van der Waals surface area contributed by atoms with Gasteiger partial charge < -0.3 is 5.11 Å². The molecule has 3 rings (SSSR count). The second-order valence-electron chi connectivity index (χ2n) is 4.79. The minimum Gasteiger partial charge on any atom is -0.377 e. The highest BCUT2D eigenvalue weighted by Gasteiger charge is 2.40. The summed E-state index contributed by atoms with van der Waals surface area (Å²) in [6, 6.07) is 6.18.